The van der Waals surface area contributed by atoms with E-state index < -0.39 is 18.0 Å². The molecule has 1 aromatic rings. The van der Waals surface area contributed by atoms with Crippen LogP contribution in [0, 0.1) is 11.8 Å². The molecule has 1 nitrogen and oxygen atoms in total. The first-order valence-corrected chi connectivity index (χ1v) is 7.50. The lowest BCUT2D eigenvalue weighted by atomic mass is 9.78. The smallest absolute Gasteiger partial charge is 0.299 e. The van der Waals surface area contributed by atoms with E-state index in [1.165, 1.54) is 0 Å². The van der Waals surface area contributed by atoms with Crippen molar-refractivity contribution in [2.24, 2.45) is 11.8 Å². The summed E-state index contributed by atoms with van der Waals surface area (Å²) in [7, 11) is 0. The Morgan fingerprint density at radius 3 is 2.60 bits per heavy atom. The van der Waals surface area contributed by atoms with Gasteiger partial charge in [-0.05, 0) is 30.9 Å². The quantitative estimate of drug-likeness (QED) is 0.756. The number of rotatable bonds is 3. The van der Waals surface area contributed by atoms with Crippen LogP contribution in [0.5, 0.6) is 0 Å². The van der Waals surface area contributed by atoms with Gasteiger partial charge in [0.15, 0.2) is 0 Å². The van der Waals surface area contributed by atoms with Gasteiger partial charge in [-0.3, -0.25) is 4.79 Å². The molecule has 110 valence electrons. The average molecular weight is 349 g/mol. The van der Waals surface area contributed by atoms with Crippen LogP contribution < -0.4 is 0 Å². The van der Waals surface area contributed by atoms with Gasteiger partial charge in [-0.1, -0.05) is 40.5 Å². The van der Waals surface area contributed by atoms with Crippen molar-refractivity contribution >= 4 is 21.7 Å². The molecule has 5 heteroatoms. The average Bonchev–Trinajstić information content (AvgIpc) is 2.40. The van der Waals surface area contributed by atoms with Crippen LogP contribution in [0.3, 0.4) is 0 Å². The highest BCUT2D eigenvalue weighted by Gasteiger charge is 2.43. The zero-order valence-electron chi connectivity index (χ0n) is 10.9. The normalized spacial score (nSPS) is 23.6. The second-order valence-corrected chi connectivity index (χ2v) is 6.19. The topological polar surface area (TPSA) is 17.1 Å². The van der Waals surface area contributed by atoms with E-state index in [-0.39, 0.29) is 25.0 Å². The molecular formula is C15H16BrF3O. The zero-order valence-corrected chi connectivity index (χ0v) is 12.5. The Kier molecular flexibility index (Phi) is 4.89. The van der Waals surface area contributed by atoms with E-state index in [1.54, 1.807) is 0 Å². The third-order valence-corrected chi connectivity index (χ3v) is 4.69. The van der Waals surface area contributed by atoms with Crippen molar-refractivity contribution in [3.63, 3.8) is 0 Å². The Hall–Kier alpha value is -0.840. The van der Waals surface area contributed by atoms with Crippen LogP contribution in [0.25, 0.3) is 0 Å². The second kappa shape index (κ2) is 6.29. The summed E-state index contributed by atoms with van der Waals surface area (Å²) in [6, 6.07) is 7.33. The molecule has 20 heavy (non-hydrogen) atoms. The molecule has 0 N–H and O–H groups in total. The summed E-state index contributed by atoms with van der Waals surface area (Å²) in [4.78, 5) is 12.2. The molecule has 0 heterocycles. The van der Waals surface area contributed by atoms with Crippen molar-refractivity contribution in [2.75, 3.05) is 0 Å². The molecule has 1 aliphatic carbocycles. The molecule has 0 bridgehead atoms. The van der Waals surface area contributed by atoms with Crippen LogP contribution in [0.1, 0.15) is 31.2 Å². The third-order valence-electron chi connectivity index (χ3n) is 3.91. The molecule has 0 radical (unpaired) electrons. The van der Waals surface area contributed by atoms with Crippen molar-refractivity contribution in [2.45, 2.75) is 38.3 Å². The molecule has 1 saturated carbocycles. The Morgan fingerprint density at radius 1 is 1.25 bits per heavy atom. The van der Waals surface area contributed by atoms with E-state index in [2.05, 4.69) is 15.9 Å². The van der Waals surface area contributed by atoms with E-state index in [9.17, 15) is 18.0 Å². The summed E-state index contributed by atoms with van der Waals surface area (Å²) >= 11 is 3.36. The van der Waals surface area contributed by atoms with Gasteiger partial charge in [0, 0.05) is 16.8 Å². The maximum atomic E-state index is 12.8. The molecule has 1 aliphatic rings. The van der Waals surface area contributed by atoms with E-state index >= 15 is 0 Å². The van der Waals surface area contributed by atoms with Crippen LogP contribution in [-0.4, -0.2) is 12.0 Å². The molecule has 0 aliphatic heterocycles. The van der Waals surface area contributed by atoms with Gasteiger partial charge in [0.05, 0.1) is 5.92 Å². The lowest BCUT2D eigenvalue weighted by Crippen LogP contribution is -2.32. The van der Waals surface area contributed by atoms with Crippen molar-refractivity contribution in [1.82, 2.24) is 0 Å². The van der Waals surface area contributed by atoms with Gasteiger partial charge in [0.25, 0.3) is 0 Å². The highest BCUT2D eigenvalue weighted by atomic mass is 79.9. The van der Waals surface area contributed by atoms with Crippen molar-refractivity contribution in [3.05, 3.63) is 34.3 Å². The first-order valence-electron chi connectivity index (χ1n) is 6.70. The predicted molar refractivity (Wildman–Crippen MR) is 74.4 cm³/mol. The summed E-state index contributed by atoms with van der Waals surface area (Å²) in [5.74, 6) is -1.85. The summed E-state index contributed by atoms with van der Waals surface area (Å²) in [6.45, 7) is 0. The van der Waals surface area contributed by atoms with Crippen LogP contribution in [0.2, 0.25) is 0 Å². The van der Waals surface area contributed by atoms with E-state index in [4.69, 9.17) is 0 Å². The number of carbonyl (C=O) groups is 1. The van der Waals surface area contributed by atoms with Crippen molar-refractivity contribution in [3.8, 4) is 0 Å². The van der Waals surface area contributed by atoms with Gasteiger partial charge in [0.1, 0.15) is 5.78 Å². The maximum Gasteiger partial charge on any atom is 0.391 e. The Bertz CT molecular complexity index is 484. The van der Waals surface area contributed by atoms with E-state index in [0.29, 0.717) is 12.8 Å². The van der Waals surface area contributed by atoms with Gasteiger partial charge in [-0.2, -0.15) is 13.2 Å². The fourth-order valence-corrected chi connectivity index (χ4v) is 3.18. The summed E-state index contributed by atoms with van der Waals surface area (Å²) < 4.78 is 39.1. The third kappa shape index (κ3) is 3.84. The van der Waals surface area contributed by atoms with E-state index in [0.717, 1.165) is 10.0 Å². The lowest BCUT2D eigenvalue weighted by Gasteiger charge is -2.29. The second-order valence-electron chi connectivity index (χ2n) is 5.34. The monoisotopic (exact) mass is 348 g/mol. The van der Waals surface area contributed by atoms with Crippen LogP contribution in [0.4, 0.5) is 13.2 Å². The molecule has 0 saturated heterocycles. The Balaban J connectivity index is 2.01. The highest BCUT2D eigenvalue weighted by molar-refractivity contribution is 9.10. The first kappa shape index (κ1) is 15.5. The van der Waals surface area contributed by atoms with Gasteiger partial charge in [-0.25, -0.2) is 0 Å². The molecule has 2 unspecified atom stereocenters. The van der Waals surface area contributed by atoms with Gasteiger partial charge >= 0.3 is 6.18 Å². The molecule has 0 aromatic heterocycles. The molecular weight excluding hydrogens is 333 g/mol. The minimum atomic E-state index is -4.17. The molecule has 1 aromatic carbocycles. The molecule has 2 rings (SSSR count). The number of hydrogen-bond acceptors (Lipinski definition) is 1. The number of ketones is 1. The standard InChI is InChI=1S/C15H16BrF3O/c16-13-7-2-1-4-10(13)9-14(20)11-5-3-6-12(8-11)15(17,18)19/h1-2,4,7,11-12H,3,5-6,8-9H2. The number of benzene rings is 1. The number of carbonyl (C=O) groups excluding carboxylic acids is 1. The number of halogens is 4. The minimum Gasteiger partial charge on any atom is -0.299 e. The lowest BCUT2D eigenvalue weighted by molar-refractivity contribution is -0.186. The largest absolute Gasteiger partial charge is 0.391 e. The van der Waals surface area contributed by atoms with Crippen LogP contribution in [0.15, 0.2) is 28.7 Å². The number of alkyl halides is 3. The first-order chi connectivity index (χ1) is 9.38. The molecule has 0 amide bonds. The molecule has 1 fully saturated rings. The fraction of sp³-hybridized carbons (Fsp3) is 0.533. The highest BCUT2D eigenvalue weighted by Crippen LogP contribution is 2.40. The minimum absolute atomic E-state index is 0.0488. The van der Waals surface area contributed by atoms with Crippen LogP contribution >= 0.6 is 15.9 Å². The maximum absolute atomic E-state index is 12.8. The molecule has 2 atom stereocenters. The zero-order chi connectivity index (χ0) is 14.8. The summed E-state index contributed by atoms with van der Waals surface area (Å²) in [5.41, 5.74) is 0.839. The van der Waals surface area contributed by atoms with Gasteiger partial charge < -0.3 is 0 Å². The van der Waals surface area contributed by atoms with Crippen molar-refractivity contribution < 1.29 is 18.0 Å². The predicted octanol–water partition coefficient (Wildman–Crippen LogP) is 4.93. The Labute approximate surface area is 124 Å². The van der Waals surface area contributed by atoms with Gasteiger partial charge in [-0.15, -0.1) is 0 Å². The Morgan fingerprint density at radius 2 is 1.95 bits per heavy atom. The number of hydrogen-bond donors (Lipinski definition) is 0. The van der Waals surface area contributed by atoms with Crippen molar-refractivity contribution in [1.29, 1.82) is 0 Å². The molecule has 0 spiro atoms. The van der Waals surface area contributed by atoms with Crippen LogP contribution in [-0.2, 0) is 11.2 Å². The summed E-state index contributed by atoms with van der Waals surface area (Å²) in [6.07, 6.45) is -2.80. The van der Waals surface area contributed by atoms with Gasteiger partial charge in [0.2, 0.25) is 0 Å². The summed E-state index contributed by atoms with van der Waals surface area (Å²) in [5, 5.41) is 0. The van der Waals surface area contributed by atoms with E-state index in [1.807, 2.05) is 24.3 Å². The fourth-order valence-electron chi connectivity index (χ4n) is 2.75. The number of Topliss-reactive ketones (excluding diaryl/α,β-unsaturated/α-hetero) is 1. The SMILES string of the molecule is O=C(Cc1ccccc1Br)C1CCCC(C(F)(F)F)C1.